The summed E-state index contributed by atoms with van der Waals surface area (Å²) in [5.41, 5.74) is 1.15. The summed E-state index contributed by atoms with van der Waals surface area (Å²) in [6.45, 7) is 0. The monoisotopic (exact) mass is 195 g/mol. The lowest BCUT2D eigenvalue weighted by molar-refractivity contribution is 0.359. The van der Waals surface area contributed by atoms with E-state index in [2.05, 4.69) is 20.7 Å². The van der Waals surface area contributed by atoms with E-state index in [9.17, 15) is 0 Å². The zero-order chi connectivity index (χ0) is 8.67. The molecule has 3 heterocycles. The maximum absolute atomic E-state index is 4.17. The molecular formula is C9H17N5. The zero-order valence-corrected chi connectivity index (χ0v) is 8.24. The Morgan fingerprint density at radius 2 is 1.93 bits per heavy atom. The van der Waals surface area contributed by atoms with Crippen LogP contribution in [0.5, 0.6) is 0 Å². The van der Waals surface area contributed by atoms with Crippen molar-refractivity contribution in [1.29, 1.82) is 0 Å². The van der Waals surface area contributed by atoms with E-state index in [1.165, 1.54) is 25.7 Å². The number of H-pyrrole nitrogens is 1. The van der Waals surface area contributed by atoms with Gasteiger partial charge >= 0.3 is 0 Å². The molecule has 2 aliphatic rings. The minimum Gasteiger partial charge on any atom is -0.344 e. The number of nitrogens with one attached hydrogen (secondary N) is 2. The minimum atomic E-state index is 0. The molecule has 0 radical (unpaired) electrons. The highest BCUT2D eigenvalue weighted by molar-refractivity contribution is 5.08. The maximum atomic E-state index is 4.17. The molecule has 5 heteroatoms. The average Bonchev–Trinajstić information content (AvgIpc) is 2.75. The second-order valence-electron chi connectivity index (χ2n) is 4.20. The van der Waals surface area contributed by atoms with E-state index in [-0.39, 0.29) is 6.15 Å². The quantitative estimate of drug-likeness (QED) is 0.622. The molecule has 2 fully saturated rings. The Hall–Kier alpha value is -0.940. The number of aromatic nitrogens is 3. The van der Waals surface area contributed by atoms with Crippen molar-refractivity contribution < 1.29 is 0 Å². The van der Waals surface area contributed by atoms with Crippen LogP contribution in [0.25, 0.3) is 0 Å². The number of aromatic amines is 1. The summed E-state index contributed by atoms with van der Waals surface area (Å²) >= 11 is 0. The highest BCUT2D eigenvalue weighted by atomic mass is 15.3. The molecule has 2 saturated heterocycles. The highest BCUT2D eigenvalue weighted by Gasteiger charge is 2.34. The van der Waals surface area contributed by atoms with Crippen LogP contribution in [0.2, 0.25) is 0 Å². The molecule has 0 amide bonds. The standard InChI is InChI=1S/C9H14N4.H3N/c1-2-8-4-6(3-7(1)11-8)9-5-10-13-12-9;/h5-8,11H,1-4H2,(H,10,12,13);1H3. The van der Waals surface area contributed by atoms with Crippen LogP contribution in [-0.4, -0.2) is 27.5 Å². The number of fused-ring (bicyclic) bond motifs is 2. The van der Waals surface area contributed by atoms with Crippen LogP contribution in [0.1, 0.15) is 37.3 Å². The summed E-state index contributed by atoms with van der Waals surface area (Å²) in [5.74, 6) is 0.637. The molecule has 14 heavy (non-hydrogen) atoms. The smallest absolute Gasteiger partial charge is 0.0856 e. The lowest BCUT2D eigenvalue weighted by Gasteiger charge is -2.27. The largest absolute Gasteiger partial charge is 0.344 e. The van der Waals surface area contributed by atoms with Crippen molar-refractivity contribution in [2.24, 2.45) is 0 Å². The lowest BCUT2D eigenvalue weighted by Crippen LogP contribution is -2.37. The van der Waals surface area contributed by atoms with Gasteiger partial charge in [0.15, 0.2) is 0 Å². The summed E-state index contributed by atoms with van der Waals surface area (Å²) in [6, 6.07) is 1.47. The molecule has 0 aromatic carbocycles. The molecule has 1 aromatic rings. The highest BCUT2D eigenvalue weighted by Crippen LogP contribution is 2.35. The van der Waals surface area contributed by atoms with Crippen LogP contribution in [0, 0.1) is 0 Å². The summed E-state index contributed by atoms with van der Waals surface area (Å²) in [6.07, 6.45) is 7.04. The molecule has 2 bridgehead atoms. The van der Waals surface area contributed by atoms with Gasteiger partial charge in [0.05, 0.1) is 11.9 Å². The van der Waals surface area contributed by atoms with Gasteiger partial charge in [-0.1, -0.05) is 0 Å². The predicted molar refractivity (Wildman–Crippen MR) is 53.3 cm³/mol. The van der Waals surface area contributed by atoms with Gasteiger partial charge in [0.2, 0.25) is 0 Å². The first kappa shape index (κ1) is 9.61. The number of piperidine rings is 1. The van der Waals surface area contributed by atoms with E-state index < -0.39 is 0 Å². The van der Waals surface area contributed by atoms with E-state index in [1.807, 2.05) is 6.20 Å². The van der Waals surface area contributed by atoms with E-state index in [0.29, 0.717) is 5.92 Å². The Morgan fingerprint density at radius 3 is 2.50 bits per heavy atom. The summed E-state index contributed by atoms with van der Waals surface area (Å²) in [5, 5.41) is 14.4. The van der Waals surface area contributed by atoms with Crippen molar-refractivity contribution in [2.45, 2.75) is 43.7 Å². The van der Waals surface area contributed by atoms with Crippen LogP contribution < -0.4 is 11.5 Å². The fourth-order valence-electron chi connectivity index (χ4n) is 2.71. The lowest BCUT2D eigenvalue weighted by atomic mass is 9.90. The van der Waals surface area contributed by atoms with Gasteiger partial charge in [0.25, 0.3) is 0 Å². The molecule has 0 spiro atoms. The summed E-state index contributed by atoms with van der Waals surface area (Å²) in [4.78, 5) is 0. The fraction of sp³-hybridized carbons (Fsp3) is 0.778. The van der Waals surface area contributed by atoms with Gasteiger partial charge in [-0.3, -0.25) is 0 Å². The minimum absolute atomic E-state index is 0. The normalized spacial score (nSPS) is 35.3. The Bertz CT molecular complexity index is 271. The SMILES string of the molecule is N.c1n[nH]nc1C1CC2CCC(C1)N2. The second kappa shape index (κ2) is 3.67. The van der Waals surface area contributed by atoms with Crippen molar-refractivity contribution in [3.05, 3.63) is 11.9 Å². The molecule has 0 saturated carbocycles. The van der Waals surface area contributed by atoms with Gasteiger partial charge in [-0.05, 0) is 25.7 Å². The van der Waals surface area contributed by atoms with E-state index in [4.69, 9.17) is 0 Å². The summed E-state index contributed by atoms with van der Waals surface area (Å²) in [7, 11) is 0. The predicted octanol–water partition coefficient (Wildman–Crippen LogP) is 0.965. The molecule has 5 N–H and O–H groups in total. The van der Waals surface area contributed by atoms with Crippen LogP contribution in [-0.2, 0) is 0 Å². The van der Waals surface area contributed by atoms with E-state index in [1.54, 1.807) is 0 Å². The van der Waals surface area contributed by atoms with Gasteiger partial charge in [-0.15, -0.1) is 0 Å². The Balaban J connectivity index is 0.000000750. The third-order valence-electron chi connectivity index (χ3n) is 3.32. The number of hydrogen-bond acceptors (Lipinski definition) is 4. The van der Waals surface area contributed by atoms with Gasteiger partial charge in [0.1, 0.15) is 0 Å². The Morgan fingerprint density at radius 1 is 1.21 bits per heavy atom. The van der Waals surface area contributed by atoms with Gasteiger partial charge in [0, 0.05) is 18.0 Å². The van der Waals surface area contributed by atoms with Crippen LogP contribution in [0.4, 0.5) is 0 Å². The molecule has 2 atom stereocenters. The molecule has 1 aromatic heterocycles. The molecule has 3 rings (SSSR count). The fourth-order valence-corrected chi connectivity index (χ4v) is 2.71. The van der Waals surface area contributed by atoms with E-state index >= 15 is 0 Å². The first-order chi connectivity index (χ1) is 6.42. The Labute approximate surface area is 83.2 Å². The van der Waals surface area contributed by atoms with Crippen molar-refractivity contribution in [2.75, 3.05) is 0 Å². The number of nitrogens with zero attached hydrogens (tertiary/aromatic N) is 2. The summed E-state index contributed by atoms with van der Waals surface area (Å²) < 4.78 is 0. The maximum Gasteiger partial charge on any atom is 0.0856 e. The first-order valence-electron chi connectivity index (χ1n) is 5.03. The first-order valence-corrected chi connectivity index (χ1v) is 5.03. The molecule has 0 aliphatic carbocycles. The van der Waals surface area contributed by atoms with Crippen LogP contribution in [0.3, 0.4) is 0 Å². The number of hydrogen-bond donors (Lipinski definition) is 3. The molecule has 5 nitrogen and oxygen atoms in total. The third-order valence-corrected chi connectivity index (χ3v) is 3.32. The van der Waals surface area contributed by atoms with Crippen molar-refractivity contribution in [1.82, 2.24) is 26.9 Å². The average molecular weight is 195 g/mol. The topological polar surface area (TPSA) is 88.6 Å². The van der Waals surface area contributed by atoms with Crippen molar-refractivity contribution >= 4 is 0 Å². The van der Waals surface area contributed by atoms with Crippen molar-refractivity contribution in [3.8, 4) is 0 Å². The zero-order valence-electron chi connectivity index (χ0n) is 8.24. The van der Waals surface area contributed by atoms with Gasteiger partial charge in [-0.2, -0.15) is 15.4 Å². The van der Waals surface area contributed by atoms with Crippen LogP contribution in [0.15, 0.2) is 6.20 Å². The van der Waals surface area contributed by atoms with Crippen LogP contribution >= 0.6 is 0 Å². The van der Waals surface area contributed by atoms with Crippen molar-refractivity contribution in [3.63, 3.8) is 0 Å². The third kappa shape index (κ3) is 1.53. The molecule has 2 aliphatic heterocycles. The second-order valence-corrected chi connectivity index (χ2v) is 4.20. The molecule has 78 valence electrons. The Kier molecular flexibility index (Phi) is 2.52. The van der Waals surface area contributed by atoms with Gasteiger partial charge in [-0.25, -0.2) is 0 Å². The molecular weight excluding hydrogens is 178 g/mol. The van der Waals surface area contributed by atoms with Gasteiger partial charge < -0.3 is 11.5 Å². The molecule has 2 unspecified atom stereocenters. The van der Waals surface area contributed by atoms with E-state index in [0.717, 1.165) is 17.8 Å². The number of rotatable bonds is 1.